The predicted molar refractivity (Wildman–Crippen MR) is 121 cm³/mol. The van der Waals surface area contributed by atoms with Crippen LogP contribution in [0.25, 0.3) is 0 Å². The molecule has 0 aromatic heterocycles. The molecule has 0 spiro atoms. The van der Waals surface area contributed by atoms with Gasteiger partial charge < -0.3 is 5.32 Å². The third-order valence-electron chi connectivity index (χ3n) is 4.67. The molecule has 0 bridgehead atoms. The number of anilines is 1. The smallest absolute Gasteiger partial charge is 0.251 e. The van der Waals surface area contributed by atoms with E-state index in [9.17, 15) is 17.6 Å². The lowest BCUT2D eigenvalue weighted by Gasteiger charge is -2.22. The summed E-state index contributed by atoms with van der Waals surface area (Å²) in [6.45, 7) is 0.553. The number of carbonyl (C=O) groups is 1. The highest BCUT2D eigenvalue weighted by molar-refractivity contribution is 7.92. The second-order valence-corrected chi connectivity index (χ2v) is 9.42. The van der Waals surface area contributed by atoms with Crippen LogP contribution in [0, 0.1) is 5.82 Å². The molecule has 0 atom stereocenters. The zero-order valence-corrected chi connectivity index (χ0v) is 18.5. The van der Waals surface area contributed by atoms with E-state index in [-0.39, 0.29) is 12.5 Å². The summed E-state index contributed by atoms with van der Waals surface area (Å²) in [5, 5.41) is 3.53. The average molecular weight is 461 g/mol. The fraction of sp³-hybridized carbons (Fsp3) is 0.174. The number of rotatable bonds is 8. The summed E-state index contributed by atoms with van der Waals surface area (Å²) in [6, 6.07) is 19.4. The first-order valence-electron chi connectivity index (χ1n) is 9.57. The van der Waals surface area contributed by atoms with Crippen molar-refractivity contribution in [1.29, 1.82) is 0 Å². The molecular weight excluding hydrogens is 439 g/mol. The number of halogens is 2. The van der Waals surface area contributed by atoms with Gasteiger partial charge in [-0.15, -0.1) is 0 Å². The highest BCUT2D eigenvalue weighted by atomic mass is 35.5. The zero-order valence-electron chi connectivity index (χ0n) is 16.9. The monoisotopic (exact) mass is 460 g/mol. The summed E-state index contributed by atoms with van der Waals surface area (Å²) in [6.07, 6.45) is 1.78. The molecule has 3 rings (SSSR count). The SMILES string of the molecule is CS(=O)(=O)N(Cc1ccc(C(=O)NCCc2ccc(Cl)cc2)cc1)c1ccc(F)cc1. The highest BCUT2D eigenvalue weighted by Crippen LogP contribution is 2.21. The topological polar surface area (TPSA) is 66.5 Å². The second-order valence-electron chi connectivity index (χ2n) is 7.08. The molecule has 0 aliphatic carbocycles. The molecule has 31 heavy (non-hydrogen) atoms. The van der Waals surface area contributed by atoms with Gasteiger partial charge in [-0.25, -0.2) is 12.8 Å². The first kappa shape index (κ1) is 22.8. The summed E-state index contributed by atoms with van der Waals surface area (Å²) in [4.78, 5) is 12.4. The summed E-state index contributed by atoms with van der Waals surface area (Å²) in [7, 11) is -3.57. The number of carbonyl (C=O) groups excluding carboxylic acids is 1. The first-order chi connectivity index (χ1) is 14.7. The van der Waals surface area contributed by atoms with Crippen LogP contribution < -0.4 is 9.62 Å². The Morgan fingerprint density at radius 2 is 1.52 bits per heavy atom. The van der Waals surface area contributed by atoms with Crippen molar-refractivity contribution in [2.24, 2.45) is 0 Å². The van der Waals surface area contributed by atoms with E-state index in [2.05, 4.69) is 5.32 Å². The number of nitrogens with one attached hydrogen (secondary N) is 1. The van der Waals surface area contributed by atoms with Crippen LogP contribution in [0.4, 0.5) is 10.1 Å². The third kappa shape index (κ3) is 6.54. The van der Waals surface area contributed by atoms with E-state index in [1.165, 1.54) is 28.6 Å². The molecule has 0 aliphatic rings. The molecule has 3 aromatic carbocycles. The molecule has 162 valence electrons. The Kier molecular flexibility index (Phi) is 7.30. The molecule has 0 aliphatic heterocycles. The Hall–Kier alpha value is -2.90. The highest BCUT2D eigenvalue weighted by Gasteiger charge is 2.18. The van der Waals surface area contributed by atoms with Crippen molar-refractivity contribution in [2.45, 2.75) is 13.0 Å². The Morgan fingerprint density at radius 1 is 0.935 bits per heavy atom. The van der Waals surface area contributed by atoms with E-state index >= 15 is 0 Å². The normalized spacial score (nSPS) is 11.2. The summed E-state index contributed by atoms with van der Waals surface area (Å²) >= 11 is 5.87. The quantitative estimate of drug-likeness (QED) is 0.541. The van der Waals surface area contributed by atoms with Crippen LogP contribution in [0.5, 0.6) is 0 Å². The van der Waals surface area contributed by atoms with Gasteiger partial charge in [0.25, 0.3) is 5.91 Å². The van der Waals surface area contributed by atoms with Crippen LogP contribution in [0.2, 0.25) is 5.02 Å². The molecule has 0 saturated heterocycles. The van der Waals surface area contributed by atoms with Gasteiger partial charge >= 0.3 is 0 Å². The molecule has 1 amide bonds. The summed E-state index contributed by atoms with van der Waals surface area (Å²) in [5.41, 5.74) is 2.62. The van der Waals surface area contributed by atoms with Gasteiger partial charge in [0.1, 0.15) is 5.82 Å². The van der Waals surface area contributed by atoms with Crippen molar-refractivity contribution in [3.8, 4) is 0 Å². The minimum Gasteiger partial charge on any atom is -0.352 e. The standard InChI is InChI=1S/C23H22ClFN2O3S/c1-31(29,30)27(22-12-10-21(25)11-13-22)16-18-2-6-19(7-3-18)23(28)26-15-14-17-4-8-20(24)9-5-17/h2-13H,14-16H2,1H3,(H,26,28). The molecule has 8 heteroatoms. The lowest BCUT2D eigenvalue weighted by Crippen LogP contribution is -2.29. The van der Waals surface area contributed by atoms with Crippen molar-refractivity contribution >= 4 is 33.2 Å². The van der Waals surface area contributed by atoms with Gasteiger partial charge in [0.05, 0.1) is 18.5 Å². The van der Waals surface area contributed by atoms with Gasteiger partial charge in [-0.1, -0.05) is 35.9 Å². The molecule has 0 unspecified atom stereocenters. The Balaban J connectivity index is 1.62. The van der Waals surface area contributed by atoms with Crippen molar-refractivity contribution in [1.82, 2.24) is 5.32 Å². The number of amides is 1. The van der Waals surface area contributed by atoms with Crippen LogP contribution in [0.3, 0.4) is 0 Å². The fourth-order valence-corrected chi connectivity index (χ4v) is 4.02. The third-order valence-corrected chi connectivity index (χ3v) is 6.06. The van der Waals surface area contributed by atoms with Crippen molar-refractivity contribution in [2.75, 3.05) is 17.1 Å². The van der Waals surface area contributed by atoms with E-state index in [1.54, 1.807) is 24.3 Å². The molecule has 0 fully saturated rings. The first-order valence-corrected chi connectivity index (χ1v) is 11.8. The van der Waals surface area contributed by atoms with Gasteiger partial charge in [-0.05, 0) is 66.1 Å². The van der Waals surface area contributed by atoms with Crippen LogP contribution >= 0.6 is 11.6 Å². The van der Waals surface area contributed by atoms with E-state index in [0.29, 0.717) is 34.8 Å². The lowest BCUT2D eigenvalue weighted by molar-refractivity contribution is 0.0954. The van der Waals surface area contributed by atoms with Crippen LogP contribution in [-0.4, -0.2) is 27.1 Å². The minimum absolute atomic E-state index is 0.0724. The van der Waals surface area contributed by atoms with E-state index in [1.807, 2.05) is 24.3 Å². The maximum Gasteiger partial charge on any atom is 0.251 e. The van der Waals surface area contributed by atoms with Crippen LogP contribution in [0.15, 0.2) is 72.8 Å². The number of sulfonamides is 1. The van der Waals surface area contributed by atoms with Crippen molar-refractivity contribution in [3.05, 3.63) is 100 Å². The predicted octanol–water partition coefficient (Wildman–Crippen LogP) is 4.42. The Labute approximate surface area is 186 Å². The number of hydrogen-bond donors (Lipinski definition) is 1. The molecule has 1 N–H and O–H groups in total. The van der Waals surface area contributed by atoms with Gasteiger partial charge in [0, 0.05) is 17.1 Å². The van der Waals surface area contributed by atoms with Gasteiger partial charge in [-0.3, -0.25) is 9.10 Å². The van der Waals surface area contributed by atoms with Crippen LogP contribution in [0.1, 0.15) is 21.5 Å². The molecular formula is C23H22ClFN2O3S. The molecule has 3 aromatic rings. The average Bonchev–Trinajstić information content (AvgIpc) is 2.74. The van der Waals surface area contributed by atoms with Gasteiger partial charge in [0.15, 0.2) is 0 Å². The Bertz CT molecular complexity index is 1130. The lowest BCUT2D eigenvalue weighted by atomic mass is 10.1. The second kappa shape index (κ2) is 9.94. The molecule has 0 saturated carbocycles. The molecule has 0 heterocycles. The van der Waals surface area contributed by atoms with E-state index in [0.717, 1.165) is 11.8 Å². The number of nitrogens with zero attached hydrogens (tertiary/aromatic N) is 1. The van der Waals surface area contributed by atoms with Gasteiger partial charge in [-0.2, -0.15) is 0 Å². The minimum atomic E-state index is -3.57. The van der Waals surface area contributed by atoms with E-state index in [4.69, 9.17) is 11.6 Å². The van der Waals surface area contributed by atoms with Crippen molar-refractivity contribution < 1.29 is 17.6 Å². The molecule has 0 radical (unpaired) electrons. The van der Waals surface area contributed by atoms with E-state index < -0.39 is 15.8 Å². The zero-order chi connectivity index (χ0) is 22.4. The fourth-order valence-electron chi connectivity index (χ4n) is 3.01. The molecule has 5 nitrogen and oxygen atoms in total. The summed E-state index contributed by atoms with van der Waals surface area (Å²) < 4.78 is 38.8. The summed E-state index contributed by atoms with van der Waals surface area (Å²) in [5.74, 6) is -0.650. The van der Waals surface area contributed by atoms with Gasteiger partial charge in [0.2, 0.25) is 10.0 Å². The number of benzene rings is 3. The maximum atomic E-state index is 13.2. The number of hydrogen-bond acceptors (Lipinski definition) is 3. The maximum absolute atomic E-state index is 13.2. The van der Waals surface area contributed by atoms with Crippen LogP contribution in [-0.2, 0) is 23.0 Å². The van der Waals surface area contributed by atoms with Crippen molar-refractivity contribution in [3.63, 3.8) is 0 Å². The Morgan fingerprint density at radius 3 is 2.10 bits per heavy atom. The largest absolute Gasteiger partial charge is 0.352 e.